The third-order valence-electron chi connectivity index (χ3n) is 4.28. The van der Waals surface area contributed by atoms with Crippen LogP contribution in [0.2, 0.25) is 0 Å². The Morgan fingerprint density at radius 3 is 2.43 bits per heavy atom. The molecule has 23 heavy (non-hydrogen) atoms. The molecule has 0 atom stereocenters. The molecule has 0 N–H and O–H groups in total. The largest absolute Gasteiger partial charge is 0.403 e. The summed E-state index contributed by atoms with van der Waals surface area (Å²) in [5.41, 5.74) is 2.16. The second-order valence-electron chi connectivity index (χ2n) is 5.80. The maximum Gasteiger partial charge on any atom is 0.403 e. The summed E-state index contributed by atoms with van der Waals surface area (Å²) in [7, 11) is 0. The van der Waals surface area contributed by atoms with Crippen molar-refractivity contribution < 1.29 is 4.57 Å². The number of aryl methyl sites for hydroxylation is 2. The smallest absolute Gasteiger partial charge is 0.372 e. The van der Waals surface area contributed by atoms with Crippen LogP contribution in [0.5, 0.6) is 0 Å². The van der Waals surface area contributed by atoms with Gasteiger partial charge >= 0.3 is 5.95 Å². The number of hydrogen-bond donors (Lipinski definition) is 0. The summed E-state index contributed by atoms with van der Waals surface area (Å²) in [5, 5.41) is 13.1. The van der Waals surface area contributed by atoms with E-state index in [0.29, 0.717) is 0 Å². The van der Waals surface area contributed by atoms with E-state index >= 15 is 0 Å². The summed E-state index contributed by atoms with van der Waals surface area (Å²) in [5.74, 6) is 0.787. The van der Waals surface area contributed by atoms with Crippen molar-refractivity contribution in [2.75, 3.05) is 18.0 Å². The Bertz CT molecular complexity index is 631. The molecule has 6 nitrogen and oxygen atoms in total. The molecular formula is C17H25N6+. The van der Waals surface area contributed by atoms with Gasteiger partial charge in [0.1, 0.15) is 0 Å². The van der Waals surface area contributed by atoms with Gasteiger partial charge in [0.2, 0.25) is 6.33 Å². The van der Waals surface area contributed by atoms with Crippen molar-refractivity contribution in [2.45, 2.75) is 46.2 Å². The molecule has 1 aliphatic rings. The lowest BCUT2D eigenvalue weighted by Gasteiger charge is -2.28. The first-order chi connectivity index (χ1) is 11.3. The number of piperidine rings is 1. The molecule has 3 rings (SSSR count). The van der Waals surface area contributed by atoms with Crippen molar-refractivity contribution in [1.29, 1.82) is 0 Å². The van der Waals surface area contributed by atoms with Crippen LogP contribution in [0, 0.1) is 0 Å². The number of nitrogens with zero attached hydrogens (tertiary/aromatic N) is 6. The Balaban J connectivity index is 1.74. The number of anilines is 1. The Labute approximate surface area is 137 Å². The fourth-order valence-corrected chi connectivity index (χ4v) is 2.92. The molecule has 1 aliphatic heterocycles. The third-order valence-corrected chi connectivity index (χ3v) is 4.28. The quantitative estimate of drug-likeness (QED) is 0.625. The summed E-state index contributed by atoms with van der Waals surface area (Å²) < 4.78 is 3.85. The zero-order chi connectivity index (χ0) is 16.1. The van der Waals surface area contributed by atoms with Crippen molar-refractivity contribution in [3.05, 3.63) is 30.6 Å². The van der Waals surface area contributed by atoms with Gasteiger partial charge in [-0.1, -0.05) is 5.11 Å². The summed E-state index contributed by atoms with van der Waals surface area (Å²) in [6, 6.07) is 8.36. The third kappa shape index (κ3) is 3.57. The van der Waals surface area contributed by atoms with Crippen LogP contribution in [0.1, 0.15) is 33.1 Å². The van der Waals surface area contributed by atoms with Crippen LogP contribution >= 0.6 is 0 Å². The first kappa shape index (κ1) is 15.6. The lowest BCUT2D eigenvalue weighted by atomic mass is 10.1. The molecule has 0 amide bonds. The van der Waals surface area contributed by atoms with Gasteiger partial charge in [-0.25, -0.2) is 4.57 Å². The van der Waals surface area contributed by atoms with Gasteiger partial charge in [0.25, 0.3) is 0 Å². The van der Waals surface area contributed by atoms with E-state index in [1.807, 2.05) is 21.4 Å². The van der Waals surface area contributed by atoms with Gasteiger partial charge in [-0.15, -0.1) is 4.68 Å². The van der Waals surface area contributed by atoms with E-state index < -0.39 is 0 Å². The lowest BCUT2D eigenvalue weighted by Crippen LogP contribution is -2.30. The number of rotatable bonds is 5. The highest BCUT2D eigenvalue weighted by molar-refractivity contribution is 5.52. The molecule has 0 spiro atoms. The van der Waals surface area contributed by atoms with Crippen LogP contribution in [0.15, 0.2) is 40.8 Å². The van der Waals surface area contributed by atoms with E-state index in [-0.39, 0.29) is 0 Å². The van der Waals surface area contributed by atoms with E-state index in [4.69, 9.17) is 0 Å². The maximum atomic E-state index is 4.40. The van der Waals surface area contributed by atoms with Crippen molar-refractivity contribution in [2.24, 2.45) is 10.2 Å². The van der Waals surface area contributed by atoms with Gasteiger partial charge in [-0.2, -0.15) is 0 Å². The normalized spacial score (nSPS) is 15.5. The number of aromatic nitrogens is 3. The van der Waals surface area contributed by atoms with Gasteiger partial charge in [0.15, 0.2) is 0 Å². The topological polar surface area (TPSA) is 49.7 Å². The minimum Gasteiger partial charge on any atom is -0.372 e. The molecule has 1 fully saturated rings. The molecule has 0 aliphatic carbocycles. The van der Waals surface area contributed by atoms with E-state index in [1.54, 1.807) is 6.33 Å². The molecule has 1 aromatic carbocycles. The van der Waals surface area contributed by atoms with Gasteiger partial charge in [-0.3, -0.25) is 0 Å². The summed E-state index contributed by atoms with van der Waals surface area (Å²) in [6.07, 6.45) is 5.74. The Kier molecular flexibility index (Phi) is 5.00. The zero-order valence-corrected chi connectivity index (χ0v) is 14.0. The first-order valence-corrected chi connectivity index (χ1v) is 8.53. The summed E-state index contributed by atoms with van der Waals surface area (Å²) in [6.45, 7) is 8.07. The van der Waals surface area contributed by atoms with Gasteiger partial charge in [0, 0.05) is 23.9 Å². The lowest BCUT2D eigenvalue weighted by molar-refractivity contribution is -0.681. The molecule has 1 saturated heterocycles. The molecule has 2 heterocycles. The van der Waals surface area contributed by atoms with E-state index in [9.17, 15) is 0 Å². The van der Waals surface area contributed by atoms with E-state index in [0.717, 1.165) is 37.8 Å². The predicted molar refractivity (Wildman–Crippen MR) is 90.5 cm³/mol. The molecule has 6 heteroatoms. The number of azo groups is 1. The van der Waals surface area contributed by atoms with Crippen molar-refractivity contribution in [1.82, 2.24) is 9.78 Å². The number of benzene rings is 1. The minimum atomic E-state index is 0.787. The maximum absolute atomic E-state index is 4.40. The van der Waals surface area contributed by atoms with Crippen LogP contribution in [-0.4, -0.2) is 22.9 Å². The highest BCUT2D eigenvalue weighted by atomic mass is 15.4. The van der Waals surface area contributed by atoms with Gasteiger partial charge < -0.3 is 4.90 Å². The number of hydrogen-bond acceptors (Lipinski definition) is 4. The summed E-state index contributed by atoms with van der Waals surface area (Å²) in [4.78, 5) is 2.45. The fourth-order valence-electron chi connectivity index (χ4n) is 2.92. The van der Waals surface area contributed by atoms with Gasteiger partial charge in [-0.05, 0) is 62.5 Å². The van der Waals surface area contributed by atoms with Crippen LogP contribution in [0.3, 0.4) is 0 Å². The second kappa shape index (κ2) is 7.35. The average molecular weight is 313 g/mol. The van der Waals surface area contributed by atoms with E-state index in [1.165, 1.54) is 24.9 Å². The molecular weight excluding hydrogens is 288 g/mol. The molecule has 0 bridgehead atoms. The monoisotopic (exact) mass is 313 g/mol. The molecule has 2 aromatic rings. The van der Waals surface area contributed by atoms with Crippen LogP contribution in [-0.2, 0) is 13.1 Å². The molecule has 122 valence electrons. The summed E-state index contributed by atoms with van der Waals surface area (Å²) >= 11 is 0. The molecule has 0 unspecified atom stereocenters. The molecule has 0 saturated carbocycles. The Morgan fingerprint density at radius 1 is 1.04 bits per heavy atom. The SMILES string of the molecule is CCn1nc[n+](CC)c1/N=N/c1ccc(N2CCCCC2)cc1. The fraction of sp³-hybridized carbons (Fsp3) is 0.529. The minimum absolute atomic E-state index is 0.787. The highest BCUT2D eigenvalue weighted by Crippen LogP contribution is 2.23. The Hall–Kier alpha value is -2.24. The standard InChI is InChI=1S/C17H25N6/c1-3-21-14-18-23(4-2)17(21)20-19-15-8-10-16(11-9-15)22-12-6-5-7-13-22/h8-11,14H,3-7,12-13H2,1-2H3/q+1. The van der Waals surface area contributed by atoms with Crippen LogP contribution < -0.4 is 9.47 Å². The highest BCUT2D eigenvalue weighted by Gasteiger charge is 2.15. The molecule has 0 radical (unpaired) electrons. The predicted octanol–water partition coefficient (Wildman–Crippen LogP) is 3.62. The van der Waals surface area contributed by atoms with Crippen LogP contribution in [0.25, 0.3) is 0 Å². The zero-order valence-electron chi connectivity index (χ0n) is 14.0. The van der Waals surface area contributed by atoms with Gasteiger partial charge in [0.05, 0.1) is 18.8 Å². The van der Waals surface area contributed by atoms with Crippen molar-refractivity contribution in [3.8, 4) is 0 Å². The van der Waals surface area contributed by atoms with E-state index in [2.05, 4.69) is 46.2 Å². The van der Waals surface area contributed by atoms with Crippen molar-refractivity contribution in [3.63, 3.8) is 0 Å². The van der Waals surface area contributed by atoms with Crippen molar-refractivity contribution >= 4 is 17.3 Å². The second-order valence-corrected chi connectivity index (χ2v) is 5.80. The molecule has 1 aromatic heterocycles. The van der Waals surface area contributed by atoms with Crippen LogP contribution in [0.4, 0.5) is 17.3 Å². The average Bonchev–Trinajstić information content (AvgIpc) is 3.03. The Morgan fingerprint density at radius 2 is 1.78 bits per heavy atom. The first-order valence-electron chi connectivity index (χ1n) is 8.53.